The number of imide groups is 1. The van der Waals surface area contributed by atoms with Crippen LogP contribution in [0.3, 0.4) is 0 Å². The molecule has 140 valence electrons. The Morgan fingerprint density at radius 1 is 1.15 bits per heavy atom. The first-order valence-electron chi connectivity index (χ1n) is 9.41. The summed E-state index contributed by atoms with van der Waals surface area (Å²) in [7, 11) is 0. The van der Waals surface area contributed by atoms with Crippen molar-refractivity contribution in [1.29, 1.82) is 0 Å². The molecule has 0 radical (unpaired) electrons. The first-order chi connectivity index (χ1) is 12.5. The average Bonchev–Trinajstić information content (AvgIpc) is 2.89. The Morgan fingerprint density at radius 2 is 1.81 bits per heavy atom. The van der Waals surface area contributed by atoms with E-state index in [9.17, 15) is 14.4 Å². The van der Waals surface area contributed by atoms with E-state index in [0.717, 1.165) is 5.56 Å². The highest BCUT2D eigenvalue weighted by Gasteiger charge is 2.42. The van der Waals surface area contributed by atoms with Gasteiger partial charge in [-0.15, -0.1) is 0 Å². The fourth-order valence-corrected chi connectivity index (χ4v) is 3.73. The van der Waals surface area contributed by atoms with Crippen molar-refractivity contribution in [2.24, 2.45) is 5.92 Å². The SMILES string of the molecule is CC(C)CC(=O)N1CCC(N2C(=O)NC(Cc3ccccc3)C2=O)CC1. The zero-order valence-corrected chi connectivity index (χ0v) is 15.5. The summed E-state index contributed by atoms with van der Waals surface area (Å²) in [6.07, 6.45) is 2.36. The minimum absolute atomic E-state index is 0.119. The summed E-state index contributed by atoms with van der Waals surface area (Å²) >= 11 is 0. The summed E-state index contributed by atoms with van der Waals surface area (Å²) in [5.41, 5.74) is 1.03. The van der Waals surface area contributed by atoms with E-state index in [0.29, 0.717) is 44.7 Å². The van der Waals surface area contributed by atoms with Gasteiger partial charge in [-0.3, -0.25) is 14.5 Å². The molecule has 0 bridgehead atoms. The number of amides is 4. The summed E-state index contributed by atoms with van der Waals surface area (Å²) in [6, 6.07) is 8.79. The lowest BCUT2D eigenvalue weighted by molar-refractivity contribution is -0.134. The third-order valence-electron chi connectivity index (χ3n) is 5.10. The summed E-state index contributed by atoms with van der Waals surface area (Å²) in [5.74, 6) is 0.355. The molecule has 26 heavy (non-hydrogen) atoms. The van der Waals surface area contributed by atoms with Gasteiger partial charge < -0.3 is 10.2 Å². The topological polar surface area (TPSA) is 69.7 Å². The zero-order valence-electron chi connectivity index (χ0n) is 15.5. The quantitative estimate of drug-likeness (QED) is 0.821. The average molecular weight is 357 g/mol. The van der Waals surface area contributed by atoms with Gasteiger partial charge in [0, 0.05) is 32.0 Å². The van der Waals surface area contributed by atoms with Crippen molar-refractivity contribution >= 4 is 17.8 Å². The zero-order chi connectivity index (χ0) is 18.7. The van der Waals surface area contributed by atoms with Crippen LogP contribution in [0.2, 0.25) is 0 Å². The summed E-state index contributed by atoms with van der Waals surface area (Å²) in [5, 5.41) is 2.82. The van der Waals surface area contributed by atoms with Gasteiger partial charge in [-0.1, -0.05) is 44.2 Å². The number of piperidine rings is 1. The summed E-state index contributed by atoms with van der Waals surface area (Å²) < 4.78 is 0. The van der Waals surface area contributed by atoms with Gasteiger partial charge in [-0.25, -0.2) is 4.79 Å². The number of carbonyl (C=O) groups excluding carboxylic acids is 3. The molecule has 1 atom stereocenters. The number of nitrogens with zero attached hydrogens (tertiary/aromatic N) is 2. The second-order valence-corrected chi connectivity index (χ2v) is 7.61. The highest BCUT2D eigenvalue weighted by Crippen LogP contribution is 2.23. The fourth-order valence-electron chi connectivity index (χ4n) is 3.73. The second kappa shape index (κ2) is 7.89. The van der Waals surface area contributed by atoms with Crippen LogP contribution in [0.25, 0.3) is 0 Å². The molecule has 0 aromatic heterocycles. The van der Waals surface area contributed by atoms with Crippen LogP contribution in [-0.2, 0) is 16.0 Å². The molecule has 0 aliphatic carbocycles. The molecular weight excluding hydrogens is 330 g/mol. The Morgan fingerprint density at radius 3 is 2.42 bits per heavy atom. The molecule has 1 N–H and O–H groups in total. The molecular formula is C20H27N3O3. The number of rotatable bonds is 5. The van der Waals surface area contributed by atoms with E-state index in [-0.39, 0.29) is 23.9 Å². The predicted octanol–water partition coefficient (Wildman–Crippen LogP) is 2.19. The van der Waals surface area contributed by atoms with Crippen LogP contribution in [0, 0.1) is 5.92 Å². The molecule has 2 fully saturated rings. The number of hydrogen-bond donors (Lipinski definition) is 1. The molecule has 4 amide bonds. The maximum Gasteiger partial charge on any atom is 0.325 e. The largest absolute Gasteiger partial charge is 0.343 e. The van der Waals surface area contributed by atoms with Gasteiger partial charge in [0.1, 0.15) is 6.04 Å². The number of benzene rings is 1. The van der Waals surface area contributed by atoms with E-state index in [1.54, 1.807) is 0 Å². The molecule has 2 aliphatic heterocycles. The number of likely N-dealkylation sites (tertiary alicyclic amines) is 1. The summed E-state index contributed by atoms with van der Waals surface area (Å²) in [6.45, 7) is 5.28. The van der Waals surface area contributed by atoms with E-state index < -0.39 is 6.04 Å². The molecule has 2 aliphatic rings. The minimum Gasteiger partial charge on any atom is -0.343 e. The van der Waals surface area contributed by atoms with Gasteiger partial charge in [0.05, 0.1) is 0 Å². The van der Waals surface area contributed by atoms with Gasteiger partial charge >= 0.3 is 6.03 Å². The van der Waals surface area contributed by atoms with Crippen LogP contribution >= 0.6 is 0 Å². The first kappa shape index (κ1) is 18.4. The van der Waals surface area contributed by atoms with Crippen LogP contribution in [0.5, 0.6) is 0 Å². The molecule has 2 heterocycles. The van der Waals surface area contributed by atoms with E-state index in [1.807, 2.05) is 49.1 Å². The first-order valence-corrected chi connectivity index (χ1v) is 9.41. The highest BCUT2D eigenvalue weighted by atomic mass is 16.2. The molecule has 2 saturated heterocycles. The smallest absolute Gasteiger partial charge is 0.325 e. The molecule has 0 saturated carbocycles. The maximum absolute atomic E-state index is 12.7. The van der Waals surface area contributed by atoms with E-state index in [1.165, 1.54) is 4.90 Å². The standard InChI is InChI=1S/C20H27N3O3/c1-14(2)12-18(24)22-10-8-16(9-11-22)23-19(25)17(21-20(23)26)13-15-6-4-3-5-7-15/h3-7,14,16-17H,8-13H2,1-2H3,(H,21,26). The van der Waals surface area contributed by atoms with Crippen molar-refractivity contribution in [2.45, 2.75) is 51.6 Å². The second-order valence-electron chi connectivity index (χ2n) is 7.61. The van der Waals surface area contributed by atoms with E-state index >= 15 is 0 Å². The van der Waals surface area contributed by atoms with Crippen LogP contribution in [0.1, 0.15) is 38.7 Å². The van der Waals surface area contributed by atoms with Gasteiger partial charge in [0.25, 0.3) is 5.91 Å². The lowest BCUT2D eigenvalue weighted by Crippen LogP contribution is -2.49. The Kier molecular flexibility index (Phi) is 5.59. The van der Waals surface area contributed by atoms with Crippen molar-refractivity contribution in [1.82, 2.24) is 15.1 Å². The minimum atomic E-state index is -0.495. The molecule has 3 rings (SSSR count). The number of urea groups is 1. The molecule has 1 unspecified atom stereocenters. The third-order valence-corrected chi connectivity index (χ3v) is 5.10. The Balaban J connectivity index is 1.57. The number of nitrogens with one attached hydrogen (secondary N) is 1. The lowest BCUT2D eigenvalue weighted by atomic mass is 10.0. The van der Waals surface area contributed by atoms with E-state index in [4.69, 9.17) is 0 Å². The number of hydrogen-bond acceptors (Lipinski definition) is 3. The predicted molar refractivity (Wildman–Crippen MR) is 98.4 cm³/mol. The number of carbonyl (C=O) groups is 3. The van der Waals surface area contributed by atoms with E-state index in [2.05, 4.69) is 5.32 Å². The third kappa shape index (κ3) is 4.06. The lowest BCUT2D eigenvalue weighted by Gasteiger charge is -2.35. The molecule has 1 aromatic carbocycles. The van der Waals surface area contributed by atoms with Crippen LogP contribution < -0.4 is 5.32 Å². The van der Waals surface area contributed by atoms with Gasteiger partial charge in [0.2, 0.25) is 5.91 Å². The van der Waals surface area contributed by atoms with Gasteiger partial charge in [0.15, 0.2) is 0 Å². The molecule has 1 aromatic rings. The highest BCUT2D eigenvalue weighted by molar-refractivity contribution is 6.04. The fraction of sp³-hybridized carbons (Fsp3) is 0.550. The van der Waals surface area contributed by atoms with Crippen LogP contribution in [0.15, 0.2) is 30.3 Å². The monoisotopic (exact) mass is 357 g/mol. The van der Waals surface area contributed by atoms with Gasteiger partial charge in [-0.2, -0.15) is 0 Å². The van der Waals surface area contributed by atoms with Crippen molar-refractivity contribution in [3.8, 4) is 0 Å². The van der Waals surface area contributed by atoms with Crippen molar-refractivity contribution in [3.63, 3.8) is 0 Å². The van der Waals surface area contributed by atoms with Crippen molar-refractivity contribution in [2.75, 3.05) is 13.1 Å². The normalized spacial score (nSPS) is 21.4. The molecule has 0 spiro atoms. The Labute approximate surface area is 154 Å². The Hall–Kier alpha value is -2.37. The summed E-state index contributed by atoms with van der Waals surface area (Å²) in [4.78, 5) is 40.5. The molecule has 6 nitrogen and oxygen atoms in total. The van der Waals surface area contributed by atoms with Crippen molar-refractivity contribution in [3.05, 3.63) is 35.9 Å². The Bertz CT molecular complexity index is 666. The van der Waals surface area contributed by atoms with Crippen LogP contribution in [0.4, 0.5) is 4.79 Å². The van der Waals surface area contributed by atoms with Gasteiger partial charge in [-0.05, 0) is 24.3 Å². The van der Waals surface area contributed by atoms with Crippen molar-refractivity contribution < 1.29 is 14.4 Å². The maximum atomic E-state index is 12.7. The molecule has 6 heteroatoms. The van der Waals surface area contributed by atoms with Crippen LogP contribution in [-0.4, -0.2) is 52.8 Å².